The summed E-state index contributed by atoms with van der Waals surface area (Å²) in [6, 6.07) is 18.6. The first kappa shape index (κ1) is 20.1. The van der Waals surface area contributed by atoms with Gasteiger partial charge in [-0.15, -0.1) is 0 Å². The molecule has 2 aromatic carbocycles. The van der Waals surface area contributed by atoms with E-state index in [1.54, 1.807) is 0 Å². The van der Waals surface area contributed by atoms with Crippen LogP contribution in [0.3, 0.4) is 0 Å². The third-order valence-corrected chi connectivity index (χ3v) is 8.78. The average Bonchev–Trinajstić information content (AvgIpc) is 2.73. The van der Waals surface area contributed by atoms with Crippen LogP contribution in [0.4, 0.5) is 0 Å². The van der Waals surface area contributed by atoms with Crippen molar-refractivity contribution in [1.82, 2.24) is 4.90 Å². The summed E-state index contributed by atoms with van der Waals surface area (Å²) >= 11 is 3.31. The van der Waals surface area contributed by atoms with E-state index < -0.39 is 32.7 Å². The zero-order chi connectivity index (χ0) is 20.6. The SMILES string of the molecule is O=C1C[C@@H]2N1CC(CBr)(C(=O)OC(c1ccccc1)c1ccccc1)CS2(=O)=O. The van der Waals surface area contributed by atoms with Crippen molar-refractivity contribution < 1.29 is 22.7 Å². The molecule has 2 heterocycles. The van der Waals surface area contributed by atoms with Crippen molar-refractivity contribution in [2.75, 3.05) is 17.6 Å². The summed E-state index contributed by atoms with van der Waals surface area (Å²) in [4.78, 5) is 26.5. The van der Waals surface area contributed by atoms with Crippen molar-refractivity contribution in [2.45, 2.75) is 17.9 Å². The van der Waals surface area contributed by atoms with Crippen LogP contribution in [0.25, 0.3) is 0 Å². The Morgan fingerprint density at radius 1 is 1.10 bits per heavy atom. The lowest BCUT2D eigenvalue weighted by atomic mass is 9.90. The van der Waals surface area contributed by atoms with Gasteiger partial charge in [0, 0.05) is 11.9 Å². The molecule has 2 atom stereocenters. The summed E-state index contributed by atoms with van der Waals surface area (Å²) in [5.41, 5.74) is 0.231. The molecule has 8 heteroatoms. The van der Waals surface area contributed by atoms with E-state index in [0.29, 0.717) is 0 Å². The van der Waals surface area contributed by atoms with Crippen LogP contribution in [-0.4, -0.2) is 48.2 Å². The number of carbonyl (C=O) groups excluding carboxylic acids is 2. The summed E-state index contributed by atoms with van der Waals surface area (Å²) in [5, 5.41) is -0.723. The third kappa shape index (κ3) is 3.59. The van der Waals surface area contributed by atoms with E-state index in [1.165, 1.54) is 4.90 Å². The molecule has 2 saturated heterocycles. The first-order chi connectivity index (χ1) is 13.9. The Kier molecular flexibility index (Phi) is 5.25. The van der Waals surface area contributed by atoms with Gasteiger partial charge in [0.25, 0.3) is 0 Å². The van der Waals surface area contributed by atoms with E-state index >= 15 is 0 Å². The van der Waals surface area contributed by atoms with Crippen LogP contribution in [0.1, 0.15) is 23.7 Å². The fourth-order valence-electron chi connectivity index (χ4n) is 3.86. The number of benzene rings is 2. The summed E-state index contributed by atoms with van der Waals surface area (Å²) in [5.74, 6) is -1.22. The second-order valence-electron chi connectivity index (χ2n) is 7.51. The molecule has 0 aliphatic carbocycles. The number of fused-ring (bicyclic) bond motifs is 1. The van der Waals surface area contributed by atoms with Gasteiger partial charge >= 0.3 is 5.97 Å². The molecule has 2 aromatic rings. The number of alkyl halides is 1. The van der Waals surface area contributed by atoms with Crippen LogP contribution >= 0.6 is 15.9 Å². The Balaban J connectivity index is 1.67. The highest BCUT2D eigenvalue weighted by Gasteiger charge is 2.59. The quantitative estimate of drug-likeness (QED) is 0.375. The molecule has 2 aliphatic rings. The molecular weight excluding hydrogens is 458 g/mol. The highest BCUT2D eigenvalue weighted by molar-refractivity contribution is 9.09. The maximum absolute atomic E-state index is 13.3. The molecule has 0 N–H and O–H groups in total. The number of halogens is 1. The highest BCUT2D eigenvalue weighted by Crippen LogP contribution is 2.41. The molecule has 4 rings (SSSR count). The Bertz CT molecular complexity index is 988. The Morgan fingerprint density at radius 3 is 2.14 bits per heavy atom. The summed E-state index contributed by atoms with van der Waals surface area (Å²) in [7, 11) is -3.61. The first-order valence-electron chi connectivity index (χ1n) is 9.24. The third-order valence-electron chi connectivity index (χ3n) is 5.50. The van der Waals surface area contributed by atoms with Gasteiger partial charge in [0.05, 0.1) is 12.2 Å². The molecule has 6 nitrogen and oxygen atoms in total. The van der Waals surface area contributed by atoms with Crippen LogP contribution < -0.4 is 0 Å². The van der Waals surface area contributed by atoms with Crippen LogP contribution in [0.5, 0.6) is 0 Å². The molecule has 2 aliphatic heterocycles. The van der Waals surface area contributed by atoms with Gasteiger partial charge < -0.3 is 9.64 Å². The van der Waals surface area contributed by atoms with Crippen LogP contribution in [0.2, 0.25) is 0 Å². The Labute approximate surface area is 177 Å². The largest absolute Gasteiger partial charge is 0.452 e. The van der Waals surface area contributed by atoms with Crippen molar-refractivity contribution >= 4 is 37.6 Å². The van der Waals surface area contributed by atoms with E-state index in [-0.39, 0.29) is 30.0 Å². The number of esters is 1. The second-order valence-corrected chi connectivity index (χ2v) is 10.2. The lowest BCUT2D eigenvalue weighted by Gasteiger charge is -2.49. The smallest absolute Gasteiger partial charge is 0.316 e. The summed E-state index contributed by atoms with van der Waals surface area (Å²) < 4.78 is 31.3. The van der Waals surface area contributed by atoms with Gasteiger partial charge in [-0.05, 0) is 11.1 Å². The maximum Gasteiger partial charge on any atom is 0.316 e. The van der Waals surface area contributed by atoms with E-state index in [4.69, 9.17) is 4.74 Å². The Morgan fingerprint density at radius 2 is 1.66 bits per heavy atom. The molecule has 0 saturated carbocycles. The van der Waals surface area contributed by atoms with Crippen molar-refractivity contribution in [3.63, 3.8) is 0 Å². The number of sulfone groups is 1. The summed E-state index contributed by atoms with van der Waals surface area (Å²) in [6.07, 6.45) is -0.680. The van der Waals surface area contributed by atoms with Gasteiger partial charge in [0.2, 0.25) is 5.91 Å². The molecule has 0 radical (unpaired) electrons. The normalized spacial score (nSPS) is 25.2. The van der Waals surface area contributed by atoms with Gasteiger partial charge in [0.15, 0.2) is 15.9 Å². The lowest BCUT2D eigenvalue weighted by Crippen LogP contribution is -2.68. The van der Waals surface area contributed by atoms with Gasteiger partial charge in [-0.25, -0.2) is 8.42 Å². The number of hydrogen-bond acceptors (Lipinski definition) is 5. The fraction of sp³-hybridized carbons (Fsp3) is 0.333. The minimum Gasteiger partial charge on any atom is -0.452 e. The van der Waals surface area contributed by atoms with Gasteiger partial charge in [-0.2, -0.15) is 0 Å². The molecule has 0 spiro atoms. The van der Waals surface area contributed by atoms with Gasteiger partial charge in [-0.1, -0.05) is 76.6 Å². The van der Waals surface area contributed by atoms with Crippen LogP contribution in [-0.2, 0) is 24.2 Å². The molecule has 2 fully saturated rings. The van der Waals surface area contributed by atoms with E-state index in [1.807, 2.05) is 60.7 Å². The zero-order valence-corrected chi connectivity index (χ0v) is 17.9. The van der Waals surface area contributed by atoms with Gasteiger partial charge in [-0.3, -0.25) is 9.59 Å². The molecule has 29 heavy (non-hydrogen) atoms. The number of rotatable bonds is 5. The minimum atomic E-state index is -3.61. The Hall–Kier alpha value is -2.19. The molecular formula is C21H20BrNO5S. The number of hydrogen-bond donors (Lipinski definition) is 0. The maximum atomic E-state index is 13.3. The number of nitrogens with zero attached hydrogens (tertiary/aromatic N) is 1. The molecule has 1 amide bonds. The number of amides is 1. The second kappa shape index (κ2) is 7.57. The van der Waals surface area contributed by atoms with Crippen molar-refractivity contribution in [3.05, 3.63) is 71.8 Å². The van der Waals surface area contributed by atoms with E-state index in [2.05, 4.69) is 15.9 Å². The fourth-order valence-corrected chi connectivity index (χ4v) is 6.98. The number of ether oxygens (including phenoxy) is 1. The van der Waals surface area contributed by atoms with E-state index in [0.717, 1.165) is 11.1 Å². The predicted molar refractivity (Wildman–Crippen MR) is 111 cm³/mol. The monoisotopic (exact) mass is 477 g/mol. The van der Waals surface area contributed by atoms with Crippen molar-refractivity contribution in [3.8, 4) is 0 Å². The average molecular weight is 478 g/mol. The van der Waals surface area contributed by atoms with Crippen molar-refractivity contribution in [2.24, 2.45) is 5.41 Å². The van der Waals surface area contributed by atoms with E-state index in [9.17, 15) is 18.0 Å². The molecule has 1 unspecified atom stereocenters. The highest BCUT2D eigenvalue weighted by atomic mass is 79.9. The molecule has 0 bridgehead atoms. The molecule has 0 aromatic heterocycles. The summed E-state index contributed by atoms with van der Waals surface area (Å²) in [6.45, 7) is 0.0378. The first-order valence-corrected chi connectivity index (χ1v) is 12.1. The van der Waals surface area contributed by atoms with Crippen LogP contribution in [0, 0.1) is 5.41 Å². The van der Waals surface area contributed by atoms with Crippen molar-refractivity contribution in [1.29, 1.82) is 0 Å². The predicted octanol–water partition coefficient (Wildman–Crippen LogP) is 2.69. The zero-order valence-electron chi connectivity index (χ0n) is 15.5. The van der Waals surface area contributed by atoms with Gasteiger partial charge in [0.1, 0.15) is 10.8 Å². The standard InChI is InChI=1S/C21H20BrNO5S/c22-12-21(13-23-17(24)11-18(23)29(26,27)14-21)20(25)28-19(15-7-3-1-4-8-15)16-9-5-2-6-10-16/h1-10,18-19H,11-14H2/t18-,21?/m1/s1. The lowest BCUT2D eigenvalue weighted by molar-refractivity contribution is -0.162. The van der Waals surface area contributed by atoms with Crippen LogP contribution in [0.15, 0.2) is 60.7 Å². The molecule has 152 valence electrons. The number of β-lactam (4-membered cyclic amide) rings is 1. The number of carbonyl (C=O) groups is 2. The topological polar surface area (TPSA) is 80.8 Å². The minimum absolute atomic E-state index is 0.00754.